The molecule has 0 aliphatic rings. The summed E-state index contributed by atoms with van der Waals surface area (Å²) in [4.78, 5) is 18.7. The first-order valence-corrected chi connectivity index (χ1v) is 9.22. The highest BCUT2D eigenvalue weighted by Gasteiger charge is 2.16. The van der Waals surface area contributed by atoms with Crippen molar-refractivity contribution >= 4 is 34.0 Å². The predicted molar refractivity (Wildman–Crippen MR) is 105 cm³/mol. The number of carbonyl (C=O) groups is 1. The number of nitrogens with zero attached hydrogens (tertiary/aromatic N) is 3. The Bertz CT molecular complexity index is 1080. The molecule has 1 amide bonds. The molecule has 0 radical (unpaired) electrons. The highest BCUT2D eigenvalue weighted by atomic mass is 32.1. The van der Waals surface area contributed by atoms with Crippen molar-refractivity contribution in [2.24, 2.45) is 0 Å². The van der Waals surface area contributed by atoms with Crippen LogP contribution in [0.5, 0.6) is 0 Å². The number of aryl methyl sites for hydroxylation is 2. The third-order valence-electron chi connectivity index (χ3n) is 4.26. The molecule has 0 saturated heterocycles. The minimum absolute atomic E-state index is 0.148. The first-order chi connectivity index (χ1) is 12.6. The molecule has 5 nitrogen and oxygen atoms in total. The number of amides is 1. The maximum Gasteiger partial charge on any atom is 0.256 e. The monoisotopic (exact) mass is 362 g/mol. The van der Waals surface area contributed by atoms with Gasteiger partial charge in [0, 0.05) is 16.3 Å². The maximum atomic E-state index is 12.9. The van der Waals surface area contributed by atoms with E-state index in [0.717, 1.165) is 28.0 Å². The van der Waals surface area contributed by atoms with E-state index in [0.29, 0.717) is 12.1 Å². The van der Waals surface area contributed by atoms with Crippen LogP contribution in [0.4, 0.5) is 5.69 Å². The van der Waals surface area contributed by atoms with E-state index in [-0.39, 0.29) is 5.91 Å². The molecule has 0 spiro atoms. The summed E-state index contributed by atoms with van der Waals surface area (Å²) < 4.78 is 1.85. The van der Waals surface area contributed by atoms with Gasteiger partial charge in [-0.2, -0.15) is 5.10 Å². The van der Waals surface area contributed by atoms with Gasteiger partial charge >= 0.3 is 0 Å². The largest absolute Gasteiger partial charge is 0.322 e. The smallest absolute Gasteiger partial charge is 0.256 e. The third-order valence-corrected chi connectivity index (χ3v) is 5.12. The van der Waals surface area contributed by atoms with Gasteiger partial charge in [0.25, 0.3) is 5.91 Å². The SMILES string of the molecule is Cc1cc(C(=O)Nc2ccccc2C)c2cnn(Cc3cccs3)c2n1. The summed E-state index contributed by atoms with van der Waals surface area (Å²) in [6.07, 6.45) is 1.72. The molecule has 1 N–H and O–H groups in total. The molecule has 130 valence electrons. The Morgan fingerprint density at radius 3 is 2.81 bits per heavy atom. The molecule has 0 unspecified atom stereocenters. The molecule has 4 aromatic rings. The maximum absolute atomic E-state index is 12.9. The second kappa shape index (κ2) is 6.72. The topological polar surface area (TPSA) is 59.8 Å². The van der Waals surface area contributed by atoms with Crippen LogP contribution >= 0.6 is 11.3 Å². The van der Waals surface area contributed by atoms with Crippen molar-refractivity contribution in [3.63, 3.8) is 0 Å². The Labute approximate surface area is 155 Å². The van der Waals surface area contributed by atoms with Gasteiger partial charge in [0.2, 0.25) is 0 Å². The van der Waals surface area contributed by atoms with Gasteiger partial charge in [-0.05, 0) is 43.0 Å². The van der Waals surface area contributed by atoms with Crippen molar-refractivity contribution in [1.29, 1.82) is 0 Å². The summed E-state index contributed by atoms with van der Waals surface area (Å²) in [5, 5.41) is 10.3. The minimum Gasteiger partial charge on any atom is -0.322 e. The van der Waals surface area contributed by atoms with Crippen molar-refractivity contribution < 1.29 is 4.79 Å². The van der Waals surface area contributed by atoms with E-state index in [1.54, 1.807) is 17.5 Å². The standard InChI is InChI=1S/C20H18N4OS/c1-13-6-3-4-8-18(13)23-20(25)16-10-14(2)22-19-17(16)11-21-24(19)12-15-7-5-9-26-15/h3-11H,12H2,1-2H3,(H,23,25). The Morgan fingerprint density at radius 1 is 1.19 bits per heavy atom. The lowest BCUT2D eigenvalue weighted by Gasteiger charge is -2.10. The Balaban J connectivity index is 1.72. The fourth-order valence-corrected chi connectivity index (χ4v) is 3.62. The predicted octanol–water partition coefficient (Wildman–Crippen LogP) is 4.41. The molecule has 0 saturated carbocycles. The molecule has 0 bridgehead atoms. The summed E-state index contributed by atoms with van der Waals surface area (Å²) in [5.41, 5.74) is 3.95. The second-order valence-corrected chi connectivity index (χ2v) is 7.23. The summed E-state index contributed by atoms with van der Waals surface area (Å²) in [6, 6.07) is 13.6. The van der Waals surface area contributed by atoms with Crippen LogP contribution in [0, 0.1) is 13.8 Å². The zero-order valence-electron chi connectivity index (χ0n) is 14.6. The van der Waals surface area contributed by atoms with Crippen LogP contribution in [0.2, 0.25) is 0 Å². The molecule has 0 atom stereocenters. The van der Waals surface area contributed by atoms with E-state index in [2.05, 4.69) is 21.5 Å². The van der Waals surface area contributed by atoms with Crippen LogP contribution in [-0.2, 0) is 6.54 Å². The Hall–Kier alpha value is -2.99. The summed E-state index contributed by atoms with van der Waals surface area (Å²) in [5.74, 6) is -0.148. The van der Waals surface area contributed by atoms with Crippen LogP contribution in [-0.4, -0.2) is 20.7 Å². The Kier molecular flexibility index (Phi) is 4.26. The van der Waals surface area contributed by atoms with Gasteiger partial charge in [-0.15, -0.1) is 11.3 Å². The van der Waals surface area contributed by atoms with E-state index in [9.17, 15) is 4.79 Å². The van der Waals surface area contributed by atoms with Crippen molar-refractivity contribution in [3.8, 4) is 0 Å². The molecule has 3 aromatic heterocycles. The van der Waals surface area contributed by atoms with Crippen LogP contribution in [0.25, 0.3) is 11.0 Å². The molecule has 4 rings (SSSR count). The van der Waals surface area contributed by atoms with Gasteiger partial charge in [-0.25, -0.2) is 9.67 Å². The number of thiophene rings is 1. The van der Waals surface area contributed by atoms with E-state index >= 15 is 0 Å². The average Bonchev–Trinajstić information content (AvgIpc) is 3.27. The molecule has 6 heteroatoms. The lowest BCUT2D eigenvalue weighted by molar-refractivity contribution is 0.102. The zero-order chi connectivity index (χ0) is 18.1. The number of hydrogen-bond donors (Lipinski definition) is 1. The minimum atomic E-state index is -0.148. The quantitative estimate of drug-likeness (QED) is 0.585. The number of pyridine rings is 1. The van der Waals surface area contributed by atoms with Crippen molar-refractivity contribution in [2.75, 3.05) is 5.32 Å². The van der Waals surface area contributed by atoms with Gasteiger partial charge in [-0.1, -0.05) is 24.3 Å². The van der Waals surface area contributed by atoms with E-state index < -0.39 is 0 Å². The zero-order valence-corrected chi connectivity index (χ0v) is 15.4. The number of rotatable bonds is 4. The lowest BCUT2D eigenvalue weighted by Crippen LogP contribution is -2.14. The van der Waals surface area contributed by atoms with Gasteiger partial charge in [0.15, 0.2) is 5.65 Å². The van der Waals surface area contributed by atoms with Crippen molar-refractivity contribution in [1.82, 2.24) is 14.8 Å². The fraction of sp³-hybridized carbons (Fsp3) is 0.150. The number of fused-ring (bicyclic) bond motifs is 1. The van der Waals surface area contributed by atoms with Gasteiger partial charge in [-0.3, -0.25) is 4.79 Å². The van der Waals surface area contributed by atoms with Crippen LogP contribution in [0.1, 0.15) is 26.5 Å². The number of benzene rings is 1. The van der Waals surface area contributed by atoms with Gasteiger partial charge in [0.05, 0.1) is 23.7 Å². The van der Waals surface area contributed by atoms with Gasteiger partial charge in [0.1, 0.15) is 0 Å². The molecule has 1 aromatic carbocycles. The molecule has 26 heavy (non-hydrogen) atoms. The number of aromatic nitrogens is 3. The molecule has 0 aliphatic carbocycles. The molecular weight excluding hydrogens is 344 g/mol. The summed E-state index contributed by atoms with van der Waals surface area (Å²) in [7, 11) is 0. The first kappa shape index (κ1) is 16.5. The van der Waals surface area contributed by atoms with Crippen LogP contribution < -0.4 is 5.32 Å². The lowest BCUT2D eigenvalue weighted by atomic mass is 10.1. The average molecular weight is 362 g/mol. The normalized spacial score (nSPS) is 11.0. The third kappa shape index (κ3) is 3.11. The summed E-state index contributed by atoms with van der Waals surface area (Å²) in [6.45, 7) is 4.52. The number of hydrogen-bond acceptors (Lipinski definition) is 4. The number of anilines is 1. The molecule has 0 fully saturated rings. The van der Waals surface area contributed by atoms with E-state index in [1.807, 2.05) is 60.3 Å². The number of carbonyl (C=O) groups excluding carboxylic acids is 1. The van der Waals surface area contributed by atoms with E-state index in [4.69, 9.17) is 0 Å². The van der Waals surface area contributed by atoms with Crippen LogP contribution in [0.15, 0.2) is 54.0 Å². The Morgan fingerprint density at radius 2 is 2.04 bits per heavy atom. The van der Waals surface area contributed by atoms with Crippen LogP contribution in [0.3, 0.4) is 0 Å². The summed E-state index contributed by atoms with van der Waals surface area (Å²) >= 11 is 1.68. The highest BCUT2D eigenvalue weighted by Crippen LogP contribution is 2.22. The van der Waals surface area contributed by atoms with Crippen molar-refractivity contribution in [3.05, 3.63) is 75.7 Å². The first-order valence-electron chi connectivity index (χ1n) is 8.34. The number of nitrogens with one attached hydrogen (secondary N) is 1. The molecule has 0 aliphatic heterocycles. The van der Waals surface area contributed by atoms with Crippen molar-refractivity contribution in [2.45, 2.75) is 20.4 Å². The fourth-order valence-electron chi connectivity index (χ4n) is 2.93. The van der Waals surface area contributed by atoms with Gasteiger partial charge < -0.3 is 5.32 Å². The van der Waals surface area contributed by atoms with E-state index in [1.165, 1.54) is 4.88 Å². The second-order valence-electron chi connectivity index (χ2n) is 6.20. The highest BCUT2D eigenvalue weighted by molar-refractivity contribution is 7.09. The molecular formula is C20H18N4OS. The number of para-hydroxylation sites is 1. The molecule has 3 heterocycles.